The van der Waals surface area contributed by atoms with Gasteiger partial charge in [-0.1, -0.05) is 102 Å². The number of amides is 2. The lowest BCUT2D eigenvalue weighted by molar-refractivity contribution is -0.146. The van der Waals surface area contributed by atoms with E-state index < -0.39 is 53.7 Å². The lowest BCUT2D eigenvalue weighted by Crippen LogP contribution is -2.45. The molecular weight excluding hydrogens is 865 g/mol. The number of benzene rings is 1. The molecule has 2 amide bonds. The van der Waals surface area contributed by atoms with Crippen LogP contribution in [0.2, 0.25) is 0 Å². The Hall–Kier alpha value is -5.08. The second kappa shape index (κ2) is 33.4. The van der Waals surface area contributed by atoms with Crippen molar-refractivity contribution in [3.63, 3.8) is 0 Å². The fraction of sp³-hybridized carbons (Fsp3) is 0.490. The molecule has 1 aromatic carbocycles. The quantitative estimate of drug-likeness (QED) is 0.0199. The Labute approximate surface area is 395 Å². The highest BCUT2D eigenvalue weighted by Crippen LogP contribution is 2.17. The number of esters is 1. The smallest absolute Gasteiger partial charge is 0.336 e. The van der Waals surface area contributed by atoms with E-state index in [4.69, 9.17) is 4.74 Å². The first-order valence-corrected chi connectivity index (χ1v) is 24.4. The highest BCUT2D eigenvalue weighted by atomic mass is 32.2. The zero-order chi connectivity index (χ0) is 48.7. The highest BCUT2D eigenvalue weighted by Gasteiger charge is 2.25. The van der Waals surface area contributed by atoms with E-state index in [0.29, 0.717) is 17.1 Å². The van der Waals surface area contributed by atoms with Crippen LogP contribution in [0, 0.1) is 5.92 Å². The molecular formula is C51H72N2O10S2. The molecule has 3 atom stereocenters. The molecule has 1 aromatic rings. The van der Waals surface area contributed by atoms with Crippen LogP contribution in [0.4, 0.5) is 0 Å². The van der Waals surface area contributed by atoms with E-state index >= 15 is 0 Å². The molecule has 0 fully saturated rings. The van der Waals surface area contributed by atoms with Crippen molar-refractivity contribution in [3.8, 4) is 0 Å². The van der Waals surface area contributed by atoms with Gasteiger partial charge in [0.15, 0.2) is 0 Å². The summed E-state index contributed by atoms with van der Waals surface area (Å²) >= 11 is 2.79. The Morgan fingerprint density at radius 1 is 0.615 bits per heavy atom. The van der Waals surface area contributed by atoms with Crippen LogP contribution >= 0.6 is 23.5 Å². The van der Waals surface area contributed by atoms with Crippen LogP contribution in [-0.4, -0.2) is 92.7 Å². The number of hydrogen-bond acceptors (Lipinski definition) is 9. The van der Waals surface area contributed by atoms with Gasteiger partial charge in [0, 0.05) is 35.0 Å². The SMILES string of the molecule is CC(C)=CCC/C(C)=C/CC/C(C)=C/CSC[C@H](NC(=O)[C@@H](C)CC(=O)OC/C(C)=C/CC/C(C)=C/CC/C(C)=C/CSC[C@H](NC(=O)/C=C(\C(=O)O)c1ccccc1)C(=O)O)C(=O)O. The maximum absolute atomic E-state index is 12.8. The van der Waals surface area contributed by atoms with Crippen LogP contribution in [0.15, 0.2) is 106 Å². The van der Waals surface area contributed by atoms with Crippen molar-refractivity contribution in [1.82, 2.24) is 10.6 Å². The van der Waals surface area contributed by atoms with Crippen molar-refractivity contribution in [2.45, 2.75) is 125 Å². The number of ether oxygens (including phenoxy) is 1. The minimum atomic E-state index is -1.29. The number of carboxylic acid groups (broad SMARTS) is 3. The molecule has 0 heterocycles. The summed E-state index contributed by atoms with van der Waals surface area (Å²) in [5.74, 6) is -4.70. The molecule has 0 aliphatic heterocycles. The summed E-state index contributed by atoms with van der Waals surface area (Å²) in [6, 6.07) is 5.88. The molecule has 0 unspecified atom stereocenters. The first kappa shape index (κ1) is 57.9. The summed E-state index contributed by atoms with van der Waals surface area (Å²) in [4.78, 5) is 73.1. The minimum absolute atomic E-state index is 0.0992. The maximum atomic E-state index is 12.8. The monoisotopic (exact) mass is 936 g/mol. The zero-order valence-corrected chi connectivity index (χ0v) is 41.2. The first-order chi connectivity index (χ1) is 30.8. The number of carboxylic acids is 3. The molecule has 0 spiro atoms. The van der Waals surface area contributed by atoms with Crippen LogP contribution in [0.1, 0.15) is 119 Å². The number of allylic oxidation sites excluding steroid dienone is 9. The third-order valence-corrected chi connectivity index (χ3v) is 12.0. The van der Waals surface area contributed by atoms with E-state index in [1.807, 2.05) is 26.0 Å². The number of nitrogens with one attached hydrogen (secondary N) is 2. The third kappa shape index (κ3) is 28.4. The predicted octanol–water partition coefficient (Wildman–Crippen LogP) is 10.1. The van der Waals surface area contributed by atoms with Gasteiger partial charge < -0.3 is 30.7 Å². The molecule has 0 saturated heterocycles. The molecule has 0 aliphatic carbocycles. The van der Waals surface area contributed by atoms with Gasteiger partial charge in [0.1, 0.15) is 18.7 Å². The molecule has 0 bridgehead atoms. The lowest BCUT2D eigenvalue weighted by Gasteiger charge is -2.17. The average molecular weight is 937 g/mol. The van der Waals surface area contributed by atoms with Gasteiger partial charge >= 0.3 is 23.9 Å². The number of carbonyl (C=O) groups is 6. The molecule has 12 nitrogen and oxygen atoms in total. The van der Waals surface area contributed by atoms with Crippen LogP contribution < -0.4 is 10.6 Å². The lowest BCUT2D eigenvalue weighted by atomic mass is 10.1. The van der Waals surface area contributed by atoms with Gasteiger partial charge in [-0.2, -0.15) is 23.5 Å². The Morgan fingerprint density at radius 3 is 1.52 bits per heavy atom. The summed E-state index contributed by atoms with van der Waals surface area (Å²) < 4.78 is 5.40. The van der Waals surface area contributed by atoms with Crippen molar-refractivity contribution in [2.24, 2.45) is 5.92 Å². The number of aliphatic carboxylic acids is 3. The zero-order valence-electron chi connectivity index (χ0n) is 39.6. The van der Waals surface area contributed by atoms with Gasteiger partial charge in [0.2, 0.25) is 11.8 Å². The van der Waals surface area contributed by atoms with Gasteiger partial charge in [0.05, 0.1) is 12.0 Å². The molecule has 1 rings (SSSR count). The molecule has 14 heteroatoms. The number of carbonyl (C=O) groups excluding carboxylic acids is 3. The number of thioether (sulfide) groups is 2. The van der Waals surface area contributed by atoms with Crippen LogP contribution in [0.5, 0.6) is 0 Å². The molecule has 0 aliphatic rings. The highest BCUT2D eigenvalue weighted by molar-refractivity contribution is 7.99. The fourth-order valence-electron chi connectivity index (χ4n) is 5.96. The summed E-state index contributed by atoms with van der Waals surface area (Å²) in [6.07, 6.45) is 20.8. The van der Waals surface area contributed by atoms with Gasteiger partial charge in [-0.05, 0) is 111 Å². The Bertz CT molecular complexity index is 1940. The van der Waals surface area contributed by atoms with Crippen molar-refractivity contribution >= 4 is 64.8 Å². The Balaban J connectivity index is 2.40. The minimum Gasteiger partial charge on any atom is -0.480 e. The largest absolute Gasteiger partial charge is 0.480 e. The molecule has 0 radical (unpaired) electrons. The summed E-state index contributed by atoms with van der Waals surface area (Å²) in [7, 11) is 0. The third-order valence-electron chi connectivity index (χ3n) is 10.1. The van der Waals surface area contributed by atoms with Crippen molar-refractivity contribution in [3.05, 3.63) is 112 Å². The summed E-state index contributed by atoms with van der Waals surface area (Å²) in [6.45, 7) is 16.1. The van der Waals surface area contributed by atoms with E-state index in [0.717, 1.165) is 68.6 Å². The fourth-order valence-corrected chi connectivity index (χ4v) is 7.96. The number of rotatable bonds is 32. The second-order valence-electron chi connectivity index (χ2n) is 16.6. The topological polar surface area (TPSA) is 196 Å². The Morgan fingerprint density at radius 2 is 1.06 bits per heavy atom. The molecule has 65 heavy (non-hydrogen) atoms. The van der Waals surface area contributed by atoms with E-state index in [-0.39, 0.29) is 30.1 Å². The predicted molar refractivity (Wildman–Crippen MR) is 266 cm³/mol. The molecule has 0 saturated carbocycles. The van der Waals surface area contributed by atoms with Crippen LogP contribution in [0.3, 0.4) is 0 Å². The van der Waals surface area contributed by atoms with Crippen molar-refractivity contribution < 1.29 is 48.8 Å². The Kier molecular flexibility index (Phi) is 29.8. The summed E-state index contributed by atoms with van der Waals surface area (Å²) in [5.41, 5.74) is 7.29. The van der Waals surface area contributed by atoms with E-state index in [2.05, 4.69) is 69.6 Å². The van der Waals surface area contributed by atoms with E-state index in [1.54, 1.807) is 37.3 Å². The average Bonchev–Trinajstić information content (AvgIpc) is 3.23. The van der Waals surface area contributed by atoms with Gasteiger partial charge in [0.25, 0.3) is 0 Å². The standard InChI is InChI=1S/C51H72N2O10S2/c1-35(2)16-12-17-36(3)18-13-21-39(6)27-29-65-34-45(51(61)62)53-48(56)41(8)30-47(55)63-32-40(7)23-15-20-37(4)19-14-22-38(5)26-28-64-33-44(50(59)60)52-46(54)31-43(49(57)58)42-24-10-9-11-25-42/h9-11,16,18-19,23-27,31,41,44-45H,12-15,17,20-22,28-30,32-34H2,1-8H3,(H,52,54)(H,53,56)(H,57,58)(H,59,60)(H,61,62)/b36-18+,37-19+,38-26+,39-27+,40-23+,43-31-/t41-,44-,45-/m0/s1. The van der Waals surface area contributed by atoms with Crippen molar-refractivity contribution in [2.75, 3.05) is 29.6 Å². The molecule has 5 N–H and O–H groups in total. The second-order valence-corrected chi connectivity index (χ2v) is 18.7. The maximum Gasteiger partial charge on any atom is 0.336 e. The molecule has 0 aromatic heterocycles. The van der Waals surface area contributed by atoms with Crippen LogP contribution in [-0.2, 0) is 33.5 Å². The summed E-state index contributed by atoms with van der Waals surface area (Å²) in [5, 5.41) is 33.8. The van der Waals surface area contributed by atoms with Crippen LogP contribution in [0.25, 0.3) is 5.57 Å². The van der Waals surface area contributed by atoms with E-state index in [1.165, 1.54) is 45.8 Å². The van der Waals surface area contributed by atoms with Gasteiger partial charge in [-0.15, -0.1) is 0 Å². The molecule has 358 valence electrons. The van der Waals surface area contributed by atoms with Gasteiger partial charge in [-0.25, -0.2) is 14.4 Å². The normalized spacial score (nSPS) is 14.2. The van der Waals surface area contributed by atoms with Gasteiger partial charge in [-0.3, -0.25) is 14.4 Å². The number of hydrogen-bond donors (Lipinski definition) is 5. The first-order valence-electron chi connectivity index (χ1n) is 22.1. The van der Waals surface area contributed by atoms with E-state index in [9.17, 15) is 44.1 Å². The van der Waals surface area contributed by atoms with Crippen molar-refractivity contribution in [1.29, 1.82) is 0 Å².